The van der Waals surface area contributed by atoms with Gasteiger partial charge in [0.15, 0.2) is 5.75 Å². The molecule has 0 aliphatic rings. The Morgan fingerprint density at radius 2 is 1.70 bits per heavy atom. The minimum Gasteiger partial charge on any atom is -0.505 e. The molecule has 0 aliphatic carbocycles. The van der Waals surface area contributed by atoms with Gasteiger partial charge in [0.05, 0.1) is 23.4 Å². The van der Waals surface area contributed by atoms with E-state index in [0.717, 1.165) is 0 Å². The number of anilines is 1. The summed E-state index contributed by atoms with van der Waals surface area (Å²) in [7, 11) is -3.22. The van der Waals surface area contributed by atoms with Crippen molar-refractivity contribution in [3.05, 3.63) is 82.9 Å². The van der Waals surface area contributed by atoms with Crippen molar-refractivity contribution in [2.24, 2.45) is 10.2 Å². The summed E-state index contributed by atoms with van der Waals surface area (Å²) in [5, 5.41) is 22.8. The average Bonchev–Trinajstić information content (AvgIpc) is 2.87. The molecule has 0 fully saturated rings. The molecule has 0 radical (unpaired) electrons. The number of carbonyl (C=O) groups excluding carboxylic acids is 1. The molecule has 0 spiro atoms. The summed E-state index contributed by atoms with van der Waals surface area (Å²) in [6, 6.07) is 17.9. The van der Waals surface area contributed by atoms with E-state index >= 15 is 0 Å². The van der Waals surface area contributed by atoms with Crippen LogP contribution in [0.15, 0.2) is 81.9 Å². The number of phenols is 1. The molecule has 1 amide bonds. The van der Waals surface area contributed by atoms with Gasteiger partial charge in [-0.1, -0.05) is 54.9 Å². The lowest BCUT2D eigenvalue weighted by Gasteiger charge is -2.13. The number of phenolic OH excluding ortho intramolecular Hbond substituents is 1. The molecule has 4 aromatic carbocycles. The van der Waals surface area contributed by atoms with Crippen LogP contribution in [-0.2, 0) is 16.5 Å². The van der Waals surface area contributed by atoms with E-state index in [1.54, 1.807) is 55.5 Å². The third-order valence-electron chi connectivity index (χ3n) is 5.62. The van der Waals surface area contributed by atoms with E-state index < -0.39 is 26.7 Å². The number of amides is 1. The molecule has 4 aromatic rings. The quantitative estimate of drug-likeness (QED) is 0.177. The first-order chi connectivity index (χ1) is 17.6. The largest absolute Gasteiger partial charge is 0.505 e. The number of aromatic hydroxyl groups is 1. The van der Waals surface area contributed by atoms with Crippen LogP contribution < -0.4 is 10.1 Å². The number of rotatable bonds is 7. The molecule has 0 saturated carbocycles. The number of hydrogen-bond acceptors (Lipinski definition) is 7. The second-order valence-electron chi connectivity index (χ2n) is 7.95. The number of halogens is 1. The first kappa shape index (κ1) is 26.1. The third-order valence-corrected chi connectivity index (χ3v) is 6.77. The Morgan fingerprint density at radius 1 is 1.03 bits per heavy atom. The normalized spacial score (nSPS) is 11.7. The lowest BCUT2D eigenvalue weighted by molar-refractivity contribution is 0.102. The Labute approximate surface area is 218 Å². The molecule has 0 saturated heterocycles. The van der Waals surface area contributed by atoms with Crippen molar-refractivity contribution in [1.29, 1.82) is 0 Å². The standard InChI is InChI=1S/C26H22ClN3O6S/c1-3-15-12-19(27)24(22(13-15)37(33,34)35)30-29-23-17-9-5-4-8-16(17)14-18(25(23)31)26(32)28-20-10-6-7-11-21(20)36-2/h4-14,31H,3H2,1-2H3,(H,28,32)(H,33,34,35). The summed E-state index contributed by atoms with van der Waals surface area (Å²) in [5.41, 5.74) is 0.487. The fourth-order valence-electron chi connectivity index (χ4n) is 3.75. The summed E-state index contributed by atoms with van der Waals surface area (Å²) in [6.07, 6.45) is 0.467. The van der Waals surface area contributed by atoms with Crippen molar-refractivity contribution in [2.45, 2.75) is 18.2 Å². The van der Waals surface area contributed by atoms with E-state index in [4.69, 9.17) is 16.3 Å². The Bertz CT molecular complexity index is 1650. The number of carbonyl (C=O) groups is 1. The zero-order valence-corrected chi connectivity index (χ0v) is 21.3. The van der Waals surface area contributed by atoms with E-state index in [0.29, 0.717) is 34.2 Å². The van der Waals surface area contributed by atoms with Gasteiger partial charge in [-0.3, -0.25) is 9.35 Å². The van der Waals surface area contributed by atoms with E-state index in [1.807, 2.05) is 0 Å². The van der Waals surface area contributed by atoms with Crippen LogP contribution in [0.5, 0.6) is 11.5 Å². The molecule has 0 aliphatic heterocycles. The first-order valence-electron chi connectivity index (χ1n) is 11.0. The van der Waals surface area contributed by atoms with Gasteiger partial charge in [-0.05, 0) is 47.7 Å². The van der Waals surface area contributed by atoms with Crippen molar-refractivity contribution in [3.63, 3.8) is 0 Å². The summed E-state index contributed by atoms with van der Waals surface area (Å²) < 4.78 is 39.0. The van der Waals surface area contributed by atoms with Crippen molar-refractivity contribution in [1.82, 2.24) is 0 Å². The van der Waals surface area contributed by atoms with Crippen molar-refractivity contribution >= 4 is 55.5 Å². The lowest BCUT2D eigenvalue weighted by Crippen LogP contribution is -2.13. The maximum atomic E-state index is 13.2. The van der Waals surface area contributed by atoms with Crippen LogP contribution in [0, 0.1) is 0 Å². The fourth-order valence-corrected chi connectivity index (χ4v) is 4.79. The highest BCUT2D eigenvalue weighted by Gasteiger charge is 2.22. The number of benzene rings is 4. The van der Waals surface area contributed by atoms with Gasteiger partial charge in [0.2, 0.25) is 0 Å². The van der Waals surface area contributed by atoms with Crippen molar-refractivity contribution in [3.8, 4) is 11.5 Å². The Hall–Kier alpha value is -3.99. The van der Waals surface area contributed by atoms with E-state index in [-0.39, 0.29) is 22.0 Å². The van der Waals surface area contributed by atoms with Gasteiger partial charge < -0.3 is 15.2 Å². The van der Waals surface area contributed by atoms with Gasteiger partial charge in [-0.15, -0.1) is 10.2 Å². The van der Waals surface area contributed by atoms with Crippen LogP contribution >= 0.6 is 11.6 Å². The van der Waals surface area contributed by atoms with Crippen LogP contribution in [-0.4, -0.2) is 31.1 Å². The molecule has 3 N–H and O–H groups in total. The molecule has 0 bridgehead atoms. The van der Waals surface area contributed by atoms with E-state index in [9.17, 15) is 22.9 Å². The minimum atomic E-state index is -4.69. The number of nitrogens with one attached hydrogen (secondary N) is 1. The summed E-state index contributed by atoms with van der Waals surface area (Å²) in [5.74, 6) is -0.684. The number of azo groups is 1. The molecule has 11 heteroatoms. The van der Waals surface area contributed by atoms with Crippen LogP contribution in [0.25, 0.3) is 10.8 Å². The number of hydrogen-bond donors (Lipinski definition) is 3. The predicted octanol–water partition coefficient (Wildman–Crippen LogP) is 6.68. The van der Waals surface area contributed by atoms with Crippen molar-refractivity contribution in [2.75, 3.05) is 12.4 Å². The maximum absolute atomic E-state index is 13.2. The van der Waals surface area contributed by atoms with Gasteiger partial charge in [0.1, 0.15) is 22.0 Å². The SMILES string of the molecule is CCc1cc(Cl)c(N=Nc2c(O)c(C(=O)Nc3ccccc3OC)cc3ccccc23)c(S(=O)(=O)O)c1. The van der Waals surface area contributed by atoms with Crippen molar-refractivity contribution < 1.29 is 27.6 Å². The van der Waals surface area contributed by atoms with Crippen LogP contribution in [0.2, 0.25) is 5.02 Å². The number of para-hydroxylation sites is 2. The number of methoxy groups -OCH3 is 1. The van der Waals surface area contributed by atoms with Crippen LogP contribution in [0.4, 0.5) is 17.1 Å². The number of fused-ring (bicyclic) bond motifs is 1. The van der Waals surface area contributed by atoms with E-state index in [1.165, 1.54) is 25.3 Å². The molecule has 0 heterocycles. The monoisotopic (exact) mass is 539 g/mol. The highest BCUT2D eigenvalue weighted by Crippen LogP contribution is 2.42. The van der Waals surface area contributed by atoms with Crippen LogP contribution in [0.1, 0.15) is 22.8 Å². The fraction of sp³-hybridized carbons (Fsp3) is 0.115. The molecule has 0 aromatic heterocycles. The summed E-state index contributed by atoms with van der Waals surface area (Å²) in [6.45, 7) is 1.80. The number of aryl methyl sites for hydroxylation is 1. The molecule has 37 heavy (non-hydrogen) atoms. The van der Waals surface area contributed by atoms with Gasteiger partial charge in [0, 0.05) is 5.39 Å². The molecule has 0 atom stereocenters. The van der Waals surface area contributed by atoms with Gasteiger partial charge in [-0.2, -0.15) is 8.42 Å². The maximum Gasteiger partial charge on any atom is 0.296 e. The van der Waals surface area contributed by atoms with E-state index in [2.05, 4.69) is 15.5 Å². The Kier molecular flexibility index (Phi) is 7.44. The zero-order chi connectivity index (χ0) is 26.7. The second kappa shape index (κ2) is 10.6. The minimum absolute atomic E-state index is 0.0513. The third kappa shape index (κ3) is 5.41. The number of nitrogens with zero attached hydrogens (tertiary/aromatic N) is 2. The lowest BCUT2D eigenvalue weighted by atomic mass is 10.0. The first-order valence-corrected chi connectivity index (χ1v) is 12.9. The molecular formula is C26H22ClN3O6S. The molecular weight excluding hydrogens is 518 g/mol. The molecule has 190 valence electrons. The highest BCUT2D eigenvalue weighted by atomic mass is 35.5. The molecule has 4 rings (SSSR count). The molecule has 9 nitrogen and oxygen atoms in total. The van der Waals surface area contributed by atoms with Gasteiger partial charge >= 0.3 is 0 Å². The second-order valence-corrected chi connectivity index (χ2v) is 9.75. The summed E-state index contributed by atoms with van der Waals surface area (Å²) >= 11 is 6.28. The van der Waals surface area contributed by atoms with Gasteiger partial charge in [0.25, 0.3) is 16.0 Å². The zero-order valence-electron chi connectivity index (χ0n) is 19.8. The summed E-state index contributed by atoms with van der Waals surface area (Å²) in [4.78, 5) is 12.6. The highest BCUT2D eigenvalue weighted by molar-refractivity contribution is 7.86. The topological polar surface area (TPSA) is 138 Å². The average molecular weight is 540 g/mol. The number of ether oxygens (including phenoxy) is 1. The molecule has 0 unspecified atom stereocenters. The predicted molar refractivity (Wildman–Crippen MR) is 141 cm³/mol. The Balaban J connectivity index is 1.86. The van der Waals surface area contributed by atoms with Crippen LogP contribution in [0.3, 0.4) is 0 Å². The van der Waals surface area contributed by atoms with Gasteiger partial charge in [-0.25, -0.2) is 0 Å². The smallest absolute Gasteiger partial charge is 0.296 e. The Morgan fingerprint density at radius 3 is 2.41 bits per heavy atom.